The van der Waals surface area contributed by atoms with Crippen LogP contribution in [0.15, 0.2) is 30.5 Å². The van der Waals surface area contributed by atoms with Crippen LogP contribution in [0.2, 0.25) is 0 Å². The Morgan fingerprint density at radius 1 is 1.20 bits per heavy atom. The zero-order chi connectivity index (χ0) is 13.8. The van der Waals surface area contributed by atoms with Gasteiger partial charge >= 0.3 is 0 Å². The van der Waals surface area contributed by atoms with Gasteiger partial charge in [-0.05, 0) is 29.8 Å². The minimum Gasteiger partial charge on any atom is -0.494 e. The van der Waals surface area contributed by atoms with E-state index in [4.69, 9.17) is 4.74 Å². The lowest BCUT2D eigenvalue weighted by atomic mass is 10.1. The van der Waals surface area contributed by atoms with Crippen LogP contribution in [-0.2, 0) is 0 Å². The number of ether oxygens (including phenoxy) is 1. The number of nitrogens with zero attached hydrogens (tertiary/aromatic N) is 4. The molecule has 3 aromatic rings. The Balaban J connectivity index is 1.96. The maximum Gasteiger partial charge on any atom is 0.122 e. The average Bonchev–Trinajstić information content (AvgIpc) is 3.01. The maximum absolute atomic E-state index is 5.68. The van der Waals surface area contributed by atoms with Crippen molar-refractivity contribution < 1.29 is 4.74 Å². The van der Waals surface area contributed by atoms with Crippen molar-refractivity contribution in [3.8, 4) is 17.1 Å². The van der Waals surface area contributed by atoms with Crippen molar-refractivity contribution in [3.05, 3.63) is 30.5 Å². The van der Waals surface area contributed by atoms with Gasteiger partial charge in [0, 0.05) is 17.6 Å². The first-order valence-corrected chi connectivity index (χ1v) is 6.64. The minimum absolute atomic E-state index is 0.716. The first-order valence-electron chi connectivity index (χ1n) is 6.64. The molecule has 0 aliphatic rings. The van der Waals surface area contributed by atoms with E-state index in [9.17, 15) is 0 Å². The largest absolute Gasteiger partial charge is 0.494 e. The molecule has 0 saturated heterocycles. The van der Waals surface area contributed by atoms with Crippen LogP contribution >= 0.6 is 0 Å². The van der Waals surface area contributed by atoms with Crippen LogP contribution in [0.1, 0.15) is 19.8 Å². The van der Waals surface area contributed by atoms with Crippen LogP contribution in [-0.4, -0.2) is 32.2 Å². The lowest BCUT2D eigenvalue weighted by Gasteiger charge is -2.07. The summed E-state index contributed by atoms with van der Waals surface area (Å²) in [5.74, 6) is 0.807. The van der Waals surface area contributed by atoms with E-state index in [1.165, 1.54) is 0 Å². The number of hydrogen-bond acceptors (Lipinski definition) is 5. The third-order valence-corrected chi connectivity index (χ3v) is 3.04. The lowest BCUT2D eigenvalue weighted by molar-refractivity contribution is 0.309. The highest BCUT2D eigenvalue weighted by Crippen LogP contribution is 2.25. The van der Waals surface area contributed by atoms with Gasteiger partial charge in [0.1, 0.15) is 17.0 Å². The topological polar surface area (TPSA) is 76.6 Å². The van der Waals surface area contributed by atoms with E-state index in [0.29, 0.717) is 6.61 Å². The third kappa shape index (κ3) is 2.45. The van der Waals surface area contributed by atoms with Gasteiger partial charge in [-0.3, -0.25) is 5.10 Å². The van der Waals surface area contributed by atoms with Gasteiger partial charge in [-0.25, -0.2) is 0 Å². The molecule has 2 aromatic heterocycles. The molecule has 0 amide bonds. The van der Waals surface area contributed by atoms with Gasteiger partial charge in [0.05, 0.1) is 12.3 Å². The van der Waals surface area contributed by atoms with Gasteiger partial charge in [0.15, 0.2) is 0 Å². The van der Waals surface area contributed by atoms with E-state index in [1.54, 1.807) is 6.20 Å². The van der Waals surface area contributed by atoms with Crippen molar-refractivity contribution in [1.29, 1.82) is 0 Å². The van der Waals surface area contributed by atoms with Gasteiger partial charge in [0.25, 0.3) is 0 Å². The molecule has 1 N–H and O–H groups in total. The Kier molecular flexibility index (Phi) is 3.54. The summed E-state index contributed by atoms with van der Waals surface area (Å²) in [6, 6.07) is 7.63. The molecule has 20 heavy (non-hydrogen) atoms. The Labute approximate surface area is 116 Å². The van der Waals surface area contributed by atoms with Crippen LogP contribution in [0, 0.1) is 0 Å². The molecule has 102 valence electrons. The quantitative estimate of drug-likeness (QED) is 0.720. The summed E-state index contributed by atoms with van der Waals surface area (Å²) in [6.45, 7) is 2.85. The standard InChI is InChI=1S/C14H15N5O/c1-2-3-8-20-10-4-5-11-13(9-10)17-19-18-14(11)12-6-7-15-16-12/h4-7,9H,2-3,8H2,1H3,(H,15,16). The second-order valence-electron chi connectivity index (χ2n) is 4.49. The van der Waals surface area contributed by atoms with Crippen molar-refractivity contribution in [2.75, 3.05) is 6.61 Å². The number of unbranched alkanes of at least 4 members (excludes halogenated alkanes) is 1. The predicted octanol–water partition coefficient (Wildman–Crippen LogP) is 2.59. The smallest absolute Gasteiger partial charge is 0.122 e. The van der Waals surface area contributed by atoms with Crippen LogP contribution in [0.3, 0.4) is 0 Å². The number of aromatic nitrogens is 5. The van der Waals surface area contributed by atoms with Crippen molar-refractivity contribution in [2.45, 2.75) is 19.8 Å². The first-order chi connectivity index (χ1) is 9.88. The molecule has 3 rings (SSSR count). The van der Waals surface area contributed by atoms with E-state index < -0.39 is 0 Å². The molecule has 6 heteroatoms. The van der Waals surface area contributed by atoms with Crippen LogP contribution in [0.5, 0.6) is 5.75 Å². The second kappa shape index (κ2) is 5.64. The summed E-state index contributed by atoms with van der Waals surface area (Å²) in [5, 5.41) is 19.7. The Morgan fingerprint density at radius 2 is 2.15 bits per heavy atom. The number of aromatic amines is 1. The molecule has 0 spiro atoms. The third-order valence-electron chi connectivity index (χ3n) is 3.04. The first kappa shape index (κ1) is 12.5. The monoisotopic (exact) mass is 269 g/mol. The van der Waals surface area contributed by atoms with E-state index in [-0.39, 0.29) is 0 Å². The Hall–Kier alpha value is -2.50. The molecule has 1 aromatic carbocycles. The van der Waals surface area contributed by atoms with Gasteiger partial charge < -0.3 is 4.74 Å². The van der Waals surface area contributed by atoms with E-state index in [0.717, 1.165) is 40.9 Å². The molecule has 0 atom stereocenters. The van der Waals surface area contributed by atoms with E-state index in [2.05, 4.69) is 32.5 Å². The van der Waals surface area contributed by atoms with Crippen molar-refractivity contribution in [2.24, 2.45) is 0 Å². The number of hydrogen-bond donors (Lipinski definition) is 1. The normalized spacial score (nSPS) is 10.8. The molecule has 0 unspecified atom stereocenters. The fraction of sp³-hybridized carbons (Fsp3) is 0.286. The summed E-state index contributed by atoms with van der Waals surface area (Å²) in [5.41, 5.74) is 2.33. The molecular formula is C14H15N5O. The highest BCUT2D eigenvalue weighted by Gasteiger charge is 2.09. The minimum atomic E-state index is 0.716. The number of rotatable bonds is 5. The number of H-pyrrole nitrogens is 1. The van der Waals surface area contributed by atoms with Crippen LogP contribution in [0.25, 0.3) is 22.3 Å². The van der Waals surface area contributed by atoms with Gasteiger partial charge in [-0.15, -0.1) is 10.2 Å². The average molecular weight is 269 g/mol. The van der Waals surface area contributed by atoms with Gasteiger partial charge in [-0.1, -0.05) is 13.3 Å². The zero-order valence-electron chi connectivity index (χ0n) is 11.2. The van der Waals surface area contributed by atoms with Crippen molar-refractivity contribution in [1.82, 2.24) is 25.6 Å². The predicted molar refractivity (Wildman–Crippen MR) is 75.3 cm³/mol. The highest BCUT2D eigenvalue weighted by molar-refractivity contribution is 5.91. The number of benzene rings is 1. The Morgan fingerprint density at radius 3 is 2.95 bits per heavy atom. The van der Waals surface area contributed by atoms with E-state index in [1.807, 2.05) is 24.3 Å². The van der Waals surface area contributed by atoms with E-state index >= 15 is 0 Å². The SMILES string of the molecule is CCCCOc1ccc2c(-c3ccn[nH]3)nnnc2c1. The maximum atomic E-state index is 5.68. The summed E-state index contributed by atoms with van der Waals surface area (Å²) < 4.78 is 5.68. The number of nitrogens with one attached hydrogen (secondary N) is 1. The molecule has 0 aliphatic heterocycles. The molecule has 0 fully saturated rings. The fourth-order valence-electron chi connectivity index (χ4n) is 1.97. The van der Waals surface area contributed by atoms with Crippen molar-refractivity contribution >= 4 is 10.9 Å². The van der Waals surface area contributed by atoms with Crippen LogP contribution in [0.4, 0.5) is 0 Å². The molecule has 6 nitrogen and oxygen atoms in total. The Bertz CT molecular complexity index is 696. The molecule has 2 heterocycles. The molecular weight excluding hydrogens is 254 g/mol. The molecule has 0 saturated carbocycles. The summed E-state index contributed by atoms with van der Waals surface area (Å²) in [6.07, 6.45) is 3.84. The molecule has 0 bridgehead atoms. The molecule has 0 aliphatic carbocycles. The molecule has 0 radical (unpaired) electrons. The highest BCUT2D eigenvalue weighted by atomic mass is 16.5. The summed E-state index contributed by atoms with van der Waals surface area (Å²) in [4.78, 5) is 0. The lowest BCUT2D eigenvalue weighted by Crippen LogP contribution is -1.98. The second-order valence-corrected chi connectivity index (χ2v) is 4.49. The summed E-state index contributed by atoms with van der Waals surface area (Å²) >= 11 is 0. The fourth-order valence-corrected chi connectivity index (χ4v) is 1.97. The zero-order valence-corrected chi connectivity index (χ0v) is 11.2. The van der Waals surface area contributed by atoms with Crippen LogP contribution < -0.4 is 4.74 Å². The summed E-state index contributed by atoms with van der Waals surface area (Å²) in [7, 11) is 0. The van der Waals surface area contributed by atoms with Gasteiger partial charge in [0.2, 0.25) is 0 Å². The van der Waals surface area contributed by atoms with Gasteiger partial charge in [-0.2, -0.15) is 5.10 Å². The van der Waals surface area contributed by atoms with Crippen molar-refractivity contribution in [3.63, 3.8) is 0 Å². The number of fused-ring (bicyclic) bond motifs is 1.